The predicted molar refractivity (Wildman–Crippen MR) is 63.5 cm³/mol. The Bertz CT molecular complexity index is 341. The number of carbonyl (C=O) groups excluding carboxylic acids is 3. The molecule has 5 nitrogen and oxygen atoms in total. The first-order valence-corrected chi connectivity index (χ1v) is 6.10. The van der Waals surface area contributed by atoms with Gasteiger partial charge in [0.15, 0.2) is 5.78 Å². The average molecular weight is 240 g/mol. The van der Waals surface area contributed by atoms with Crippen LogP contribution in [0.2, 0.25) is 0 Å². The van der Waals surface area contributed by atoms with Crippen molar-refractivity contribution >= 4 is 17.7 Å². The van der Waals surface area contributed by atoms with Crippen molar-refractivity contribution in [2.45, 2.75) is 52.0 Å². The first-order chi connectivity index (χ1) is 7.94. The van der Waals surface area contributed by atoms with Crippen LogP contribution in [0, 0.1) is 0 Å². The van der Waals surface area contributed by atoms with E-state index in [1.807, 2.05) is 6.92 Å². The standard InChI is InChI=1S/C12H20N2O3/c1-4-6-7-12(3)10(16)14(11(17)13-12)8-9(15)5-2/h4-8H2,1-3H3,(H,13,17). The molecule has 1 fully saturated rings. The van der Waals surface area contributed by atoms with Gasteiger partial charge in [0.1, 0.15) is 5.54 Å². The number of ketones is 1. The van der Waals surface area contributed by atoms with Crippen molar-refractivity contribution in [3.8, 4) is 0 Å². The number of Topliss-reactive ketones (excluding diaryl/α,β-unsaturated/α-hetero) is 1. The molecule has 0 radical (unpaired) electrons. The van der Waals surface area contributed by atoms with E-state index in [1.54, 1.807) is 13.8 Å². The van der Waals surface area contributed by atoms with E-state index in [0.29, 0.717) is 12.8 Å². The molecule has 1 atom stereocenters. The minimum absolute atomic E-state index is 0.103. The van der Waals surface area contributed by atoms with E-state index >= 15 is 0 Å². The molecule has 0 aliphatic carbocycles. The van der Waals surface area contributed by atoms with Crippen LogP contribution in [0.25, 0.3) is 0 Å². The Kier molecular flexibility index (Phi) is 4.26. The Morgan fingerprint density at radius 3 is 2.53 bits per heavy atom. The molecule has 1 heterocycles. The van der Waals surface area contributed by atoms with Crippen LogP contribution in [0.3, 0.4) is 0 Å². The van der Waals surface area contributed by atoms with Crippen LogP contribution in [-0.4, -0.2) is 34.7 Å². The summed E-state index contributed by atoms with van der Waals surface area (Å²) < 4.78 is 0. The summed E-state index contributed by atoms with van der Waals surface area (Å²) in [6, 6.07) is -0.449. The summed E-state index contributed by atoms with van der Waals surface area (Å²) in [4.78, 5) is 36.1. The first-order valence-electron chi connectivity index (χ1n) is 6.10. The van der Waals surface area contributed by atoms with Gasteiger partial charge in [-0.1, -0.05) is 26.7 Å². The number of hydrogen-bond donors (Lipinski definition) is 1. The molecule has 1 unspecified atom stereocenters. The summed E-state index contributed by atoms with van der Waals surface area (Å²) in [5.41, 5.74) is -0.832. The smallest absolute Gasteiger partial charge is 0.323 e. The van der Waals surface area contributed by atoms with Gasteiger partial charge < -0.3 is 5.32 Å². The fourth-order valence-corrected chi connectivity index (χ4v) is 1.88. The lowest BCUT2D eigenvalue weighted by Crippen LogP contribution is -2.44. The number of rotatable bonds is 6. The maximum Gasteiger partial charge on any atom is 0.325 e. The summed E-state index contributed by atoms with van der Waals surface area (Å²) in [5, 5.41) is 2.68. The number of unbranched alkanes of at least 4 members (excludes halogenated alkanes) is 1. The number of urea groups is 1. The van der Waals surface area contributed by atoms with Gasteiger partial charge in [0.2, 0.25) is 0 Å². The van der Waals surface area contributed by atoms with Crippen LogP contribution in [0.15, 0.2) is 0 Å². The molecule has 0 spiro atoms. The molecule has 1 rings (SSSR count). The SMILES string of the molecule is CCCCC1(C)NC(=O)N(CC(=O)CC)C1=O. The van der Waals surface area contributed by atoms with Crippen LogP contribution in [0.4, 0.5) is 4.79 Å². The van der Waals surface area contributed by atoms with Crippen molar-refractivity contribution in [2.75, 3.05) is 6.54 Å². The maximum absolute atomic E-state index is 12.1. The first kappa shape index (κ1) is 13.7. The van der Waals surface area contributed by atoms with Gasteiger partial charge in [0.05, 0.1) is 6.54 Å². The van der Waals surface area contributed by atoms with Crippen LogP contribution >= 0.6 is 0 Å². The Morgan fingerprint density at radius 2 is 2.00 bits per heavy atom. The molecule has 5 heteroatoms. The van der Waals surface area contributed by atoms with Gasteiger partial charge in [-0.3, -0.25) is 14.5 Å². The zero-order valence-electron chi connectivity index (χ0n) is 10.7. The third-order valence-electron chi connectivity index (χ3n) is 3.10. The van der Waals surface area contributed by atoms with Crippen molar-refractivity contribution < 1.29 is 14.4 Å². The number of carbonyl (C=O) groups is 3. The minimum Gasteiger partial charge on any atom is -0.323 e. The normalized spacial score (nSPS) is 24.1. The molecular weight excluding hydrogens is 220 g/mol. The van der Waals surface area contributed by atoms with E-state index in [1.165, 1.54) is 0 Å². The molecule has 0 bridgehead atoms. The number of nitrogens with zero attached hydrogens (tertiary/aromatic N) is 1. The van der Waals surface area contributed by atoms with Gasteiger partial charge in [-0.05, 0) is 13.3 Å². The van der Waals surface area contributed by atoms with Crippen molar-refractivity contribution in [1.29, 1.82) is 0 Å². The highest BCUT2D eigenvalue weighted by Crippen LogP contribution is 2.23. The molecule has 1 aliphatic heterocycles. The second kappa shape index (κ2) is 5.29. The molecule has 0 aromatic carbocycles. The second-order valence-electron chi connectivity index (χ2n) is 4.65. The largest absolute Gasteiger partial charge is 0.325 e. The third-order valence-corrected chi connectivity index (χ3v) is 3.10. The molecule has 0 aromatic rings. The predicted octanol–water partition coefficient (Wildman–Crippen LogP) is 1.47. The van der Waals surface area contributed by atoms with Gasteiger partial charge in [-0.2, -0.15) is 0 Å². The van der Waals surface area contributed by atoms with Gasteiger partial charge in [-0.15, -0.1) is 0 Å². The molecule has 3 amide bonds. The Morgan fingerprint density at radius 1 is 1.35 bits per heavy atom. The summed E-state index contributed by atoms with van der Waals surface area (Å²) in [5.74, 6) is -0.383. The lowest BCUT2D eigenvalue weighted by atomic mass is 9.95. The zero-order valence-corrected chi connectivity index (χ0v) is 10.7. The number of amides is 3. The summed E-state index contributed by atoms with van der Waals surface area (Å²) in [6.45, 7) is 5.36. The van der Waals surface area contributed by atoms with Crippen LogP contribution in [0.5, 0.6) is 0 Å². The van der Waals surface area contributed by atoms with E-state index in [0.717, 1.165) is 17.7 Å². The van der Waals surface area contributed by atoms with E-state index in [-0.39, 0.29) is 18.2 Å². The van der Waals surface area contributed by atoms with Gasteiger partial charge >= 0.3 is 6.03 Å². The quantitative estimate of drug-likeness (QED) is 0.715. The van der Waals surface area contributed by atoms with Crippen LogP contribution in [0.1, 0.15) is 46.5 Å². The van der Waals surface area contributed by atoms with E-state index in [9.17, 15) is 14.4 Å². The van der Waals surface area contributed by atoms with Crippen molar-refractivity contribution in [2.24, 2.45) is 0 Å². The molecule has 1 N–H and O–H groups in total. The van der Waals surface area contributed by atoms with E-state index < -0.39 is 11.6 Å². The second-order valence-corrected chi connectivity index (χ2v) is 4.65. The lowest BCUT2D eigenvalue weighted by molar-refractivity contribution is -0.134. The van der Waals surface area contributed by atoms with Crippen LogP contribution in [-0.2, 0) is 9.59 Å². The zero-order chi connectivity index (χ0) is 13.1. The fraction of sp³-hybridized carbons (Fsp3) is 0.750. The van der Waals surface area contributed by atoms with E-state index in [4.69, 9.17) is 0 Å². The highest BCUT2D eigenvalue weighted by atomic mass is 16.2. The maximum atomic E-state index is 12.1. The van der Waals surface area contributed by atoms with Crippen molar-refractivity contribution in [3.63, 3.8) is 0 Å². The third kappa shape index (κ3) is 2.84. The van der Waals surface area contributed by atoms with Gasteiger partial charge in [0.25, 0.3) is 5.91 Å². The topological polar surface area (TPSA) is 66.5 Å². The Hall–Kier alpha value is -1.39. The average Bonchev–Trinajstić information content (AvgIpc) is 2.50. The van der Waals surface area contributed by atoms with E-state index in [2.05, 4.69) is 5.32 Å². The monoisotopic (exact) mass is 240 g/mol. The number of imide groups is 1. The van der Waals surface area contributed by atoms with Crippen molar-refractivity contribution in [3.05, 3.63) is 0 Å². The molecule has 1 aliphatic rings. The minimum atomic E-state index is -0.832. The molecular formula is C12H20N2O3. The molecule has 0 aromatic heterocycles. The molecule has 17 heavy (non-hydrogen) atoms. The van der Waals surface area contributed by atoms with Gasteiger partial charge in [-0.25, -0.2) is 4.79 Å². The summed E-state index contributed by atoms with van der Waals surface area (Å²) in [7, 11) is 0. The van der Waals surface area contributed by atoms with Gasteiger partial charge in [0, 0.05) is 6.42 Å². The highest BCUT2D eigenvalue weighted by Gasteiger charge is 2.47. The molecule has 0 saturated carbocycles. The fourth-order valence-electron chi connectivity index (χ4n) is 1.88. The molecule has 96 valence electrons. The van der Waals surface area contributed by atoms with Crippen LogP contribution < -0.4 is 5.32 Å². The number of nitrogens with one attached hydrogen (secondary N) is 1. The Labute approximate surface area is 102 Å². The Balaban J connectivity index is 2.74. The highest BCUT2D eigenvalue weighted by molar-refractivity contribution is 6.08. The lowest BCUT2D eigenvalue weighted by Gasteiger charge is -2.21. The summed E-state index contributed by atoms with van der Waals surface area (Å²) in [6.07, 6.45) is 2.79. The number of hydrogen-bond acceptors (Lipinski definition) is 3. The molecule has 1 saturated heterocycles. The van der Waals surface area contributed by atoms with Crippen molar-refractivity contribution in [1.82, 2.24) is 10.2 Å². The summed E-state index contributed by atoms with van der Waals surface area (Å²) >= 11 is 0.